The van der Waals surface area contributed by atoms with E-state index in [4.69, 9.17) is 23.9 Å². The normalized spacial score (nSPS) is 14.4. The lowest BCUT2D eigenvalue weighted by atomic mass is 10.1. The first-order valence-corrected chi connectivity index (χ1v) is 12.4. The highest BCUT2D eigenvalue weighted by molar-refractivity contribution is 7.22. The van der Waals surface area contributed by atoms with E-state index < -0.39 is 18.0 Å². The van der Waals surface area contributed by atoms with Gasteiger partial charge < -0.3 is 18.9 Å². The second-order valence-corrected chi connectivity index (χ2v) is 9.45. The van der Waals surface area contributed by atoms with Crippen LogP contribution < -0.4 is 19.5 Å². The Morgan fingerprint density at radius 3 is 2.84 bits per heavy atom. The number of aromatic nitrogens is 4. The Hall–Kier alpha value is -4.58. The second-order valence-electron chi connectivity index (χ2n) is 8.45. The number of nitrogens with zero attached hydrogens (tertiary/aromatic N) is 4. The molecule has 0 fully saturated rings. The zero-order chi connectivity index (χ0) is 26.2. The van der Waals surface area contributed by atoms with Crippen LogP contribution in [0.15, 0.2) is 48.9 Å². The number of methoxy groups -OCH3 is 1. The number of ether oxygens (including phenoxy) is 4. The average Bonchev–Trinajstić information content (AvgIpc) is 3.37. The van der Waals surface area contributed by atoms with E-state index in [1.807, 2.05) is 6.07 Å². The maximum atomic E-state index is 14.5. The fourth-order valence-corrected chi connectivity index (χ4v) is 5.09. The van der Waals surface area contributed by atoms with Gasteiger partial charge in [0.15, 0.2) is 17.6 Å². The van der Waals surface area contributed by atoms with Crippen LogP contribution in [0.2, 0.25) is 0 Å². The van der Waals surface area contributed by atoms with Crippen molar-refractivity contribution < 1.29 is 28.1 Å². The highest BCUT2D eigenvalue weighted by atomic mass is 32.1. The lowest BCUT2D eigenvalue weighted by molar-refractivity contribution is 0.0383. The maximum Gasteiger partial charge on any atom is 0.411 e. The zero-order valence-electron chi connectivity index (χ0n) is 20.2. The molecule has 0 saturated heterocycles. The van der Waals surface area contributed by atoms with Gasteiger partial charge in [0.05, 0.1) is 42.4 Å². The summed E-state index contributed by atoms with van der Waals surface area (Å²) in [6.07, 6.45) is 3.43. The quantitative estimate of drug-likeness (QED) is 0.327. The minimum atomic E-state index is -0.650. The zero-order valence-corrected chi connectivity index (χ0v) is 21.0. The SMILES string of the molecule is COc1cnc2c(-c3nc4ccc5c(c4s3)OC[C@H](COC(=O)Nc3cnc(C)nc3)O5)cc(F)cc2c1. The number of aryl methyl sites for hydroxylation is 1. The van der Waals surface area contributed by atoms with Gasteiger partial charge in [0.2, 0.25) is 0 Å². The Bertz CT molecular complexity index is 1680. The summed E-state index contributed by atoms with van der Waals surface area (Å²) in [4.78, 5) is 29.3. The monoisotopic (exact) mass is 533 g/mol. The van der Waals surface area contributed by atoms with Crippen LogP contribution in [-0.2, 0) is 4.74 Å². The van der Waals surface area contributed by atoms with E-state index in [9.17, 15) is 9.18 Å². The molecule has 10 nitrogen and oxygen atoms in total. The van der Waals surface area contributed by atoms with Gasteiger partial charge in [-0.25, -0.2) is 24.1 Å². The number of anilines is 1. The molecule has 0 aliphatic carbocycles. The van der Waals surface area contributed by atoms with Gasteiger partial charge in [0.1, 0.15) is 40.3 Å². The van der Waals surface area contributed by atoms with Crippen molar-refractivity contribution in [2.45, 2.75) is 13.0 Å². The summed E-state index contributed by atoms with van der Waals surface area (Å²) in [6, 6.07) is 8.13. The lowest BCUT2D eigenvalue weighted by Gasteiger charge is -2.26. The first-order valence-electron chi connectivity index (χ1n) is 11.6. The van der Waals surface area contributed by atoms with Gasteiger partial charge in [-0.1, -0.05) is 0 Å². The van der Waals surface area contributed by atoms with Crippen LogP contribution in [-0.4, -0.2) is 52.5 Å². The number of halogens is 1. The van der Waals surface area contributed by atoms with Crippen LogP contribution in [0.25, 0.3) is 31.7 Å². The van der Waals surface area contributed by atoms with Gasteiger partial charge in [0, 0.05) is 10.9 Å². The van der Waals surface area contributed by atoms with E-state index >= 15 is 0 Å². The van der Waals surface area contributed by atoms with E-state index in [0.717, 1.165) is 4.70 Å². The average molecular weight is 534 g/mol. The topological polar surface area (TPSA) is 118 Å². The third kappa shape index (κ3) is 4.61. The number of benzene rings is 2. The summed E-state index contributed by atoms with van der Waals surface area (Å²) in [5.74, 6) is 1.79. The summed E-state index contributed by atoms with van der Waals surface area (Å²) in [6.45, 7) is 1.90. The van der Waals surface area contributed by atoms with Gasteiger partial charge in [-0.3, -0.25) is 10.3 Å². The molecule has 4 heterocycles. The summed E-state index contributed by atoms with van der Waals surface area (Å²) in [5.41, 5.74) is 2.30. The highest BCUT2D eigenvalue weighted by Gasteiger charge is 2.26. The van der Waals surface area contributed by atoms with Crippen LogP contribution in [0.5, 0.6) is 17.2 Å². The van der Waals surface area contributed by atoms with Crippen LogP contribution in [0.1, 0.15) is 5.82 Å². The molecule has 0 bridgehead atoms. The van der Waals surface area contributed by atoms with E-state index in [1.165, 1.54) is 43.0 Å². The number of rotatable bonds is 5. The van der Waals surface area contributed by atoms with Crippen molar-refractivity contribution in [2.24, 2.45) is 0 Å². The molecule has 1 aliphatic rings. The van der Waals surface area contributed by atoms with Crippen molar-refractivity contribution in [3.8, 4) is 27.8 Å². The second kappa shape index (κ2) is 9.71. The minimum Gasteiger partial charge on any atom is -0.495 e. The highest BCUT2D eigenvalue weighted by Crippen LogP contribution is 2.44. The number of carbonyl (C=O) groups is 1. The van der Waals surface area contributed by atoms with Gasteiger partial charge in [-0.2, -0.15) is 0 Å². The molecule has 6 rings (SSSR count). The molecule has 1 N–H and O–H groups in total. The molecular formula is C26H20FN5O5S. The minimum absolute atomic E-state index is 0.0195. The molecule has 3 aromatic heterocycles. The lowest BCUT2D eigenvalue weighted by Crippen LogP contribution is -2.35. The molecule has 38 heavy (non-hydrogen) atoms. The molecule has 192 valence electrons. The Morgan fingerprint density at radius 1 is 1.18 bits per heavy atom. The van der Waals surface area contributed by atoms with Crippen molar-refractivity contribution in [1.29, 1.82) is 0 Å². The van der Waals surface area contributed by atoms with Crippen LogP contribution in [0.3, 0.4) is 0 Å². The van der Waals surface area contributed by atoms with Gasteiger partial charge in [-0.15, -0.1) is 11.3 Å². The van der Waals surface area contributed by atoms with Crippen molar-refractivity contribution >= 4 is 44.2 Å². The molecule has 0 unspecified atom stereocenters. The molecule has 1 aliphatic heterocycles. The van der Waals surface area contributed by atoms with Crippen molar-refractivity contribution in [1.82, 2.24) is 19.9 Å². The molecule has 12 heteroatoms. The molecular weight excluding hydrogens is 513 g/mol. The first kappa shape index (κ1) is 23.8. The van der Waals surface area contributed by atoms with E-state index in [2.05, 4.69) is 20.3 Å². The smallest absolute Gasteiger partial charge is 0.411 e. The molecule has 2 aromatic carbocycles. The predicted molar refractivity (Wildman–Crippen MR) is 139 cm³/mol. The molecule has 1 amide bonds. The number of fused-ring (bicyclic) bond motifs is 4. The Labute approximate surface area is 219 Å². The summed E-state index contributed by atoms with van der Waals surface area (Å²) in [5, 5.41) is 3.78. The van der Waals surface area contributed by atoms with Crippen molar-refractivity contribution in [3.05, 3.63) is 60.6 Å². The van der Waals surface area contributed by atoms with E-state index in [1.54, 1.807) is 25.3 Å². The van der Waals surface area contributed by atoms with Crippen LogP contribution in [0.4, 0.5) is 14.9 Å². The molecule has 0 spiro atoms. The van der Waals surface area contributed by atoms with Gasteiger partial charge in [-0.05, 0) is 37.3 Å². The maximum absolute atomic E-state index is 14.5. The van der Waals surface area contributed by atoms with E-state index in [0.29, 0.717) is 55.8 Å². The molecule has 0 saturated carbocycles. The third-order valence-corrected chi connectivity index (χ3v) is 6.90. The Kier molecular flexibility index (Phi) is 6.08. The van der Waals surface area contributed by atoms with E-state index in [-0.39, 0.29) is 13.2 Å². The van der Waals surface area contributed by atoms with Crippen LogP contribution >= 0.6 is 11.3 Å². The number of thiazole rings is 1. The molecule has 5 aromatic rings. The van der Waals surface area contributed by atoms with Gasteiger partial charge in [0.25, 0.3) is 0 Å². The van der Waals surface area contributed by atoms with Crippen molar-refractivity contribution in [2.75, 3.05) is 25.6 Å². The summed E-state index contributed by atoms with van der Waals surface area (Å²) in [7, 11) is 1.54. The largest absolute Gasteiger partial charge is 0.495 e. The number of carbonyl (C=O) groups excluding carboxylic acids is 1. The third-order valence-electron chi connectivity index (χ3n) is 5.80. The Balaban J connectivity index is 1.21. The number of hydrogen-bond donors (Lipinski definition) is 1. The number of amides is 1. The number of nitrogens with one attached hydrogen (secondary N) is 1. The standard InChI is InChI=1S/C26H20FN5O5S/c1-13-28-8-16(9-29-13)31-26(33)36-12-18-11-35-23-21(37-18)4-3-20-24(23)38-25(32-20)19-7-15(27)5-14-6-17(34-2)10-30-22(14)19/h3-10,18H,11-12H2,1-2H3,(H,31,33)/t18-/m1/s1. The van der Waals surface area contributed by atoms with Crippen LogP contribution in [0, 0.1) is 12.7 Å². The number of pyridine rings is 1. The molecule has 0 radical (unpaired) electrons. The fraction of sp³-hybridized carbons (Fsp3) is 0.192. The predicted octanol–water partition coefficient (Wildman–Crippen LogP) is 5.15. The Morgan fingerprint density at radius 2 is 2.03 bits per heavy atom. The van der Waals surface area contributed by atoms with Crippen molar-refractivity contribution in [3.63, 3.8) is 0 Å². The number of hydrogen-bond acceptors (Lipinski definition) is 10. The van der Waals surface area contributed by atoms with Gasteiger partial charge >= 0.3 is 6.09 Å². The summed E-state index contributed by atoms with van der Waals surface area (Å²) >= 11 is 1.36. The molecule has 1 atom stereocenters. The fourth-order valence-electron chi connectivity index (χ4n) is 4.01. The first-order chi connectivity index (χ1) is 18.5. The summed E-state index contributed by atoms with van der Waals surface area (Å²) < 4.78 is 37.8.